The third-order valence-corrected chi connectivity index (χ3v) is 5.81. The highest BCUT2D eigenvalue weighted by Gasteiger charge is 2.28. The molecule has 3 heterocycles. The van der Waals surface area contributed by atoms with Crippen LogP contribution in [-0.2, 0) is 17.8 Å². The largest absolute Gasteiger partial charge is 0.481 e. The minimum Gasteiger partial charge on any atom is -0.481 e. The number of anilines is 1. The highest BCUT2D eigenvalue weighted by molar-refractivity contribution is 5.93. The van der Waals surface area contributed by atoms with Crippen LogP contribution < -0.4 is 15.4 Å². The number of rotatable bonds is 5. The average Bonchev–Trinajstić information content (AvgIpc) is 3.27. The highest BCUT2D eigenvalue weighted by Crippen LogP contribution is 2.42. The number of hydrogen-bond acceptors (Lipinski definition) is 6. The lowest BCUT2D eigenvalue weighted by Gasteiger charge is -2.35. The number of likely N-dealkylation sites (N-methyl/N-ethyl adjacent to an activating group) is 1. The van der Waals surface area contributed by atoms with Gasteiger partial charge in [0, 0.05) is 36.3 Å². The Morgan fingerprint density at radius 3 is 2.94 bits per heavy atom. The number of nitrogens with zero attached hydrogens (tertiary/aromatic N) is 2. The summed E-state index contributed by atoms with van der Waals surface area (Å²) < 4.78 is 12.2. The first kappa shape index (κ1) is 20.1. The molecule has 0 spiro atoms. The highest BCUT2D eigenvalue weighted by atomic mass is 16.5. The number of carboxylic acids is 1. The van der Waals surface area contributed by atoms with E-state index in [1.165, 1.54) is 0 Å². The summed E-state index contributed by atoms with van der Waals surface area (Å²) in [6, 6.07) is 15.6. The summed E-state index contributed by atoms with van der Waals surface area (Å²) in [5.41, 5.74) is 11.8. The first-order chi connectivity index (χ1) is 15.5. The number of pyridine rings is 1. The maximum Gasteiger partial charge on any atom is 0.307 e. The van der Waals surface area contributed by atoms with Gasteiger partial charge in [0.15, 0.2) is 0 Å². The fourth-order valence-electron chi connectivity index (χ4n) is 4.27. The van der Waals surface area contributed by atoms with Crippen LogP contribution in [0.3, 0.4) is 0 Å². The van der Waals surface area contributed by atoms with Crippen molar-refractivity contribution >= 4 is 22.6 Å². The smallest absolute Gasteiger partial charge is 0.307 e. The minimum atomic E-state index is -0.887. The standard InChI is InChI=1S/C25H23N3O4/c1-28-14-22(32-25-16(12-23(29)30)3-2-4-21(25)28)18-9-17-6-8-31-24(17)20(11-18)15-5-7-27-19(10-15)13-26/h2-11,22H,12-14,26H2,1H3,(H,29,30)/t22-/m0/s1. The Morgan fingerprint density at radius 2 is 2.12 bits per heavy atom. The first-order valence-electron chi connectivity index (χ1n) is 10.4. The Balaban J connectivity index is 1.60. The van der Waals surface area contributed by atoms with Gasteiger partial charge >= 0.3 is 5.97 Å². The van der Waals surface area contributed by atoms with Crippen molar-refractivity contribution in [1.82, 2.24) is 4.98 Å². The van der Waals surface area contributed by atoms with Crippen LogP contribution in [0.1, 0.15) is 22.9 Å². The van der Waals surface area contributed by atoms with Gasteiger partial charge in [-0.05, 0) is 47.5 Å². The number of benzene rings is 2. The third kappa shape index (κ3) is 3.56. The van der Waals surface area contributed by atoms with Crippen LogP contribution in [-0.4, -0.2) is 29.7 Å². The van der Waals surface area contributed by atoms with Crippen LogP contribution in [0.2, 0.25) is 0 Å². The van der Waals surface area contributed by atoms with E-state index in [4.69, 9.17) is 14.9 Å². The van der Waals surface area contributed by atoms with Gasteiger partial charge in [0.25, 0.3) is 0 Å². The fraction of sp³-hybridized carbons (Fsp3) is 0.200. The Labute approximate surface area is 185 Å². The van der Waals surface area contributed by atoms with Crippen molar-refractivity contribution in [1.29, 1.82) is 0 Å². The zero-order valence-electron chi connectivity index (χ0n) is 17.6. The molecule has 2 aromatic heterocycles. The summed E-state index contributed by atoms with van der Waals surface area (Å²) in [6.07, 6.45) is 3.07. The lowest BCUT2D eigenvalue weighted by atomic mass is 9.96. The summed E-state index contributed by atoms with van der Waals surface area (Å²) in [6.45, 7) is 0.991. The Kier molecular flexibility index (Phi) is 5.03. The van der Waals surface area contributed by atoms with E-state index in [1.807, 2.05) is 37.4 Å². The van der Waals surface area contributed by atoms with Gasteiger partial charge < -0.3 is 24.9 Å². The fourth-order valence-corrected chi connectivity index (χ4v) is 4.27. The molecule has 1 atom stereocenters. The van der Waals surface area contributed by atoms with E-state index in [0.717, 1.165) is 39.0 Å². The number of fused-ring (bicyclic) bond motifs is 2. The van der Waals surface area contributed by atoms with E-state index in [1.54, 1.807) is 18.5 Å². The molecule has 1 aliphatic heterocycles. The number of hydrogen-bond donors (Lipinski definition) is 2. The number of carbonyl (C=O) groups is 1. The zero-order valence-corrected chi connectivity index (χ0v) is 17.6. The maximum absolute atomic E-state index is 11.4. The molecule has 4 aromatic rings. The summed E-state index contributed by atoms with van der Waals surface area (Å²) in [5, 5.41) is 10.3. The van der Waals surface area contributed by atoms with Gasteiger partial charge in [-0.25, -0.2) is 0 Å². The van der Waals surface area contributed by atoms with Crippen LogP contribution in [0.5, 0.6) is 5.75 Å². The van der Waals surface area contributed by atoms with E-state index >= 15 is 0 Å². The molecule has 7 nitrogen and oxygen atoms in total. The number of furan rings is 1. The van der Waals surface area contributed by atoms with E-state index in [-0.39, 0.29) is 12.5 Å². The third-order valence-electron chi connectivity index (χ3n) is 5.81. The molecule has 0 saturated heterocycles. The molecule has 0 fully saturated rings. The van der Waals surface area contributed by atoms with Crippen molar-refractivity contribution < 1.29 is 19.1 Å². The van der Waals surface area contributed by atoms with Crippen LogP contribution in [0.15, 0.2) is 65.4 Å². The number of nitrogens with two attached hydrogens (primary N) is 1. The molecule has 2 aromatic carbocycles. The molecular weight excluding hydrogens is 406 g/mol. The van der Waals surface area contributed by atoms with Crippen LogP contribution in [0, 0.1) is 0 Å². The maximum atomic E-state index is 11.4. The van der Waals surface area contributed by atoms with Crippen molar-refractivity contribution in [3.8, 4) is 16.9 Å². The molecule has 162 valence electrons. The molecular formula is C25H23N3O4. The molecule has 7 heteroatoms. The van der Waals surface area contributed by atoms with E-state index in [0.29, 0.717) is 24.4 Å². The molecule has 32 heavy (non-hydrogen) atoms. The van der Waals surface area contributed by atoms with Crippen LogP contribution in [0.25, 0.3) is 22.1 Å². The van der Waals surface area contributed by atoms with Crippen molar-refractivity contribution in [2.24, 2.45) is 5.73 Å². The topological polar surface area (TPSA) is 102 Å². The van der Waals surface area contributed by atoms with Crippen molar-refractivity contribution in [3.63, 3.8) is 0 Å². The van der Waals surface area contributed by atoms with Gasteiger partial charge in [-0.15, -0.1) is 0 Å². The molecule has 3 N–H and O–H groups in total. The Hall–Kier alpha value is -3.84. The average molecular weight is 429 g/mol. The Morgan fingerprint density at radius 1 is 1.25 bits per heavy atom. The zero-order chi connectivity index (χ0) is 22.2. The lowest BCUT2D eigenvalue weighted by Crippen LogP contribution is -2.32. The molecule has 0 amide bonds. The Bertz CT molecular complexity index is 1310. The molecule has 0 aliphatic carbocycles. The van der Waals surface area contributed by atoms with Gasteiger partial charge in [0.1, 0.15) is 17.4 Å². The number of aliphatic carboxylic acids is 1. The van der Waals surface area contributed by atoms with Gasteiger partial charge in [-0.3, -0.25) is 9.78 Å². The van der Waals surface area contributed by atoms with Crippen molar-refractivity contribution in [2.45, 2.75) is 19.1 Å². The van der Waals surface area contributed by atoms with Gasteiger partial charge in [-0.2, -0.15) is 0 Å². The minimum absolute atomic E-state index is 0.0887. The van der Waals surface area contributed by atoms with Crippen molar-refractivity contribution in [2.75, 3.05) is 18.5 Å². The molecule has 0 unspecified atom stereocenters. The summed E-state index contributed by atoms with van der Waals surface area (Å²) in [4.78, 5) is 17.8. The summed E-state index contributed by atoms with van der Waals surface area (Å²) >= 11 is 0. The second-order valence-electron chi connectivity index (χ2n) is 7.97. The van der Waals surface area contributed by atoms with Gasteiger partial charge in [0.2, 0.25) is 0 Å². The molecule has 0 bridgehead atoms. The van der Waals surface area contributed by atoms with E-state index in [9.17, 15) is 9.90 Å². The number of aromatic nitrogens is 1. The predicted molar refractivity (Wildman–Crippen MR) is 122 cm³/mol. The molecule has 0 radical (unpaired) electrons. The number of ether oxygens (including phenoxy) is 1. The van der Waals surface area contributed by atoms with Crippen LogP contribution >= 0.6 is 0 Å². The van der Waals surface area contributed by atoms with Gasteiger partial charge in [-0.1, -0.05) is 12.1 Å². The SMILES string of the molecule is CN1C[C@@H](c2cc(-c3ccnc(CN)c3)c3occc3c2)Oc2c(CC(=O)O)cccc21. The van der Waals surface area contributed by atoms with Gasteiger partial charge in [0.05, 0.1) is 30.6 Å². The molecule has 1 aliphatic rings. The first-order valence-corrected chi connectivity index (χ1v) is 10.4. The summed E-state index contributed by atoms with van der Waals surface area (Å²) in [5.74, 6) is -0.265. The van der Waals surface area contributed by atoms with E-state index < -0.39 is 5.97 Å². The second-order valence-corrected chi connectivity index (χ2v) is 7.97. The van der Waals surface area contributed by atoms with Crippen molar-refractivity contribution in [3.05, 3.63) is 77.8 Å². The normalized spacial score (nSPS) is 15.4. The lowest BCUT2D eigenvalue weighted by molar-refractivity contribution is -0.136. The monoisotopic (exact) mass is 429 g/mol. The predicted octanol–water partition coefficient (Wildman–Crippen LogP) is 4.15. The number of para-hydroxylation sites is 1. The molecule has 5 rings (SSSR count). The number of carboxylic acid groups (broad SMARTS) is 1. The van der Waals surface area contributed by atoms with Crippen LogP contribution in [0.4, 0.5) is 5.69 Å². The van der Waals surface area contributed by atoms with E-state index in [2.05, 4.69) is 22.0 Å². The quantitative estimate of drug-likeness (QED) is 0.491. The summed E-state index contributed by atoms with van der Waals surface area (Å²) in [7, 11) is 1.99. The molecule has 0 saturated carbocycles. The second kappa shape index (κ2) is 8.01.